The number of hydrogen-bond acceptors (Lipinski definition) is 10. The molecule has 0 aliphatic carbocycles. The van der Waals surface area contributed by atoms with Gasteiger partial charge in [-0.3, -0.25) is 0 Å². The maximum atomic E-state index is 12.6. The van der Waals surface area contributed by atoms with E-state index >= 15 is 0 Å². The fraction of sp³-hybridized carbons (Fsp3) is 0.622. The van der Waals surface area contributed by atoms with Gasteiger partial charge in [-0.05, 0) is 195 Å². The summed E-state index contributed by atoms with van der Waals surface area (Å²) in [6.45, 7) is 21.8. The lowest BCUT2D eigenvalue weighted by molar-refractivity contribution is -0.112. The summed E-state index contributed by atoms with van der Waals surface area (Å²) in [7, 11) is 0. The molecule has 2 aromatic carbocycles. The van der Waals surface area contributed by atoms with E-state index in [1.165, 1.54) is 0 Å². The average molecular weight is 1140 g/mol. The number of nitrogen functional groups attached to an aromatic ring is 2. The second-order valence-corrected chi connectivity index (χ2v) is 22.7. The number of rotatable bonds is 4. The maximum Gasteiger partial charge on any atom is 0.410 e. The van der Waals surface area contributed by atoms with E-state index in [9.17, 15) is 19.2 Å². The molecular formula is C45H65Br4N7O7. The van der Waals surface area contributed by atoms with Crippen LogP contribution in [0, 0.1) is 11.8 Å². The number of imidazole rings is 1. The summed E-state index contributed by atoms with van der Waals surface area (Å²) >= 11 is 13.9. The Morgan fingerprint density at radius 3 is 1.38 bits per heavy atom. The summed E-state index contributed by atoms with van der Waals surface area (Å²) in [6.07, 6.45) is 5.29. The minimum atomic E-state index is -0.498. The fourth-order valence-corrected chi connectivity index (χ4v) is 8.68. The van der Waals surface area contributed by atoms with Gasteiger partial charge in [0.15, 0.2) is 0 Å². The quantitative estimate of drug-likeness (QED) is 0.145. The van der Waals surface area contributed by atoms with Crippen LogP contribution in [0.4, 0.5) is 25.8 Å². The number of nitrogens with zero attached hydrogens (tertiary/aromatic N) is 5. The molecule has 0 spiro atoms. The van der Waals surface area contributed by atoms with E-state index in [2.05, 4.69) is 80.4 Å². The van der Waals surface area contributed by atoms with Gasteiger partial charge in [0, 0.05) is 75.5 Å². The normalized spacial score (nSPS) is 17.0. The molecule has 0 unspecified atom stereocenters. The van der Waals surface area contributed by atoms with Crippen molar-refractivity contribution in [1.82, 2.24) is 24.3 Å². The van der Waals surface area contributed by atoms with Crippen LogP contribution < -0.4 is 11.5 Å². The SMILES string of the molecule is CC(C)(C)OC(=O)N1CCC(C=O)CC1.CC(C)(C)OC(=O)N1CCC(Cn2c(C3CCN(C(=O)OC(C)(C)C)CC3)nc3cc(Br)c(Br)cc32)CC1.Nc1cc(Br)c(Br)cc1N. The van der Waals surface area contributed by atoms with Gasteiger partial charge in [-0.25, -0.2) is 19.4 Å². The van der Waals surface area contributed by atoms with Crippen LogP contribution in [0.1, 0.15) is 113 Å². The van der Waals surface area contributed by atoms with Gasteiger partial charge in [-0.2, -0.15) is 0 Å². The fourth-order valence-electron chi connectivity index (χ4n) is 7.29. The number of hydrogen-bond donors (Lipinski definition) is 2. The number of carbonyl (C=O) groups excluding carboxylic acids is 4. The van der Waals surface area contributed by atoms with Crippen LogP contribution in [-0.2, 0) is 25.5 Å². The number of aromatic nitrogens is 2. The Bertz CT molecular complexity index is 2000. The first-order valence-electron chi connectivity index (χ1n) is 21.5. The van der Waals surface area contributed by atoms with Crippen molar-refractivity contribution in [2.24, 2.45) is 11.8 Å². The van der Waals surface area contributed by atoms with Gasteiger partial charge in [0.1, 0.15) is 28.9 Å². The van der Waals surface area contributed by atoms with Crippen LogP contribution in [0.25, 0.3) is 11.0 Å². The lowest BCUT2D eigenvalue weighted by atomic mass is 9.94. The summed E-state index contributed by atoms with van der Waals surface area (Å²) < 4.78 is 22.6. The zero-order valence-electron chi connectivity index (χ0n) is 38.1. The van der Waals surface area contributed by atoms with Gasteiger partial charge >= 0.3 is 18.3 Å². The molecule has 14 nitrogen and oxygen atoms in total. The van der Waals surface area contributed by atoms with Gasteiger partial charge in [0.05, 0.1) is 22.4 Å². The van der Waals surface area contributed by atoms with E-state index < -0.39 is 16.8 Å². The highest BCUT2D eigenvalue weighted by Crippen LogP contribution is 2.36. The molecule has 0 atom stereocenters. The molecule has 0 saturated carbocycles. The van der Waals surface area contributed by atoms with Gasteiger partial charge in [-0.15, -0.1) is 0 Å². The highest BCUT2D eigenvalue weighted by Gasteiger charge is 2.33. The highest BCUT2D eigenvalue weighted by atomic mass is 79.9. The summed E-state index contributed by atoms with van der Waals surface area (Å²) in [4.78, 5) is 57.7. The second kappa shape index (κ2) is 22.4. The molecule has 0 radical (unpaired) electrons. The van der Waals surface area contributed by atoms with E-state index in [1.54, 1.807) is 17.0 Å². The van der Waals surface area contributed by atoms with Crippen molar-refractivity contribution in [2.45, 2.75) is 130 Å². The Morgan fingerprint density at radius 2 is 0.984 bits per heavy atom. The number of nitrogens with two attached hydrogens (primary N) is 2. The molecule has 63 heavy (non-hydrogen) atoms. The first-order valence-corrected chi connectivity index (χ1v) is 24.6. The highest BCUT2D eigenvalue weighted by molar-refractivity contribution is 9.13. The third-order valence-corrected chi connectivity index (χ3v) is 14.2. The Labute approximate surface area is 406 Å². The number of fused-ring (bicyclic) bond motifs is 1. The predicted molar refractivity (Wildman–Crippen MR) is 263 cm³/mol. The van der Waals surface area contributed by atoms with E-state index in [0.29, 0.717) is 56.6 Å². The number of aldehydes is 1. The minimum absolute atomic E-state index is 0.115. The largest absolute Gasteiger partial charge is 0.444 e. The minimum Gasteiger partial charge on any atom is -0.444 e. The summed E-state index contributed by atoms with van der Waals surface area (Å²) in [6, 6.07) is 7.74. The van der Waals surface area contributed by atoms with E-state index in [4.69, 9.17) is 30.7 Å². The first-order chi connectivity index (χ1) is 29.2. The number of benzene rings is 2. The van der Waals surface area contributed by atoms with Crippen molar-refractivity contribution in [3.05, 3.63) is 48.0 Å². The molecule has 1 aromatic heterocycles. The lowest BCUT2D eigenvalue weighted by Gasteiger charge is -2.35. The van der Waals surface area contributed by atoms with Crippen molar-refractivity contribution in [3.8, 4) is 0 Å². The first kappa shape index (κ1) is 52.5. The Balaban J connectivity index is 0.000000283. The molecule has 18 heteroatoms. The molecule has 3 aliphatic heterocycles. The second-order valence-electron chi connectivity index (χ2n) is 19.3. The average Bonchev–Trinajstić information content (AvgIpc) is 3.52. The third-order valence-electron chi connectivity index (χ3n) is 10.5. The zero-order valence-corrected chi connectivity index (χ0v) is 44.4. The Kier molecular flexibility index (Phi) is 18.7. The number of amides is 3. The number of anilines is 2. The zero-order chi connectivity index (χ0) is 47.0. The van der Waals surface area contributed by atoms with Crippen molar-refractivity contribution >= 4 is 111 Å². The van der Waals surface area contributed by atoms with E-state index in [1.807, 2.05) is 72.1 Å². The van der Waals surface area contributed by atoms with Gasteiger partial charge in [0.25, 0.3) is 0 Å². The van der Waals surface area contributed by atoms with Crippen molar-refractivity contribution in [3.63, 3.8) is 0 Å². The summed E-state index contributed by atoms with van der Waals surface area (Å²) in [5.41, 5.74) is 12.9. The lowest BCUT2D eigenvalue weighted by Crippen LogP contribution is -2.42. The van der Waals surface area contributed by atoms with Crippen LogP contribution >= 0.6 is 63.7 Å². The third kappa shape index (κ3) is 16.4. The number of piperidine rings is 3. The number of ether oxygens (including phenoxy) is 3. The molecule has 3 amide bonds. The predicted octanol–water partition coefficient (Wildman–Crippen LogP) is 11.5. The molecule has 0 bridgehead atoms. The Morgan fingerprint density at radius 1 is 0.619 bits per heavy atom. The van der Waals surface area contributed by atoms with Crippen molar-refractivity contribution < 1.29 is 33.4 Å². The summed E-state index contributed by atoms with van der Waals surface area (Å²) in [5, 5.41) is 0. The van der Waals surface area contributed by atoms with E-state index in [0.717, 1.165) is 86.1 Å². The standard InChI is InChI=1S/C28H40Br2N4O4.C11H19NO3.C6H6Br2N2/c1-27(2,3)37-25(35)32-11-7-18(8-12-32)17-34-23-16-21(30)20(29)15-22(23)31-24(34)19-9-13-33(14-10-19)26(36)38-28(4,5)6;1-11(2,3)15-10(14)12-6-4-9(8-13)5-7-12;7-3-1-5(9)6(10)2-4(3)8/h15-16,18-19H,7-14,17H2,1-6H3;8-9H,4-7H2,1-3H3;1-2H,9-10H2. The van der Waals surface area contributed by atoms with Crippen LogP contribution in [0.15, 0.2) is 42.2 Å². The topological polar surface area (TPSA) is 176 Å². The summed E-state index contributed by atoms with van der Waals surface area (Å²) in [5.74, 6) is 1.90. The van der Waals surface area contributed by atoms with Crippen LogP contribution in [-0.4, -0.2) is 105 Å². The molecule has 3 aliphatic rings. The molecule has 6 rings (SSSR count). The smallest absolute Gasteiger partial charge is 0.410 e. The van der Waals surface area contributed by atoms with Crippen LogP contribution in [0.5, 0.6) is 0 Å². The maximum absolute atomic E-state index is 12.6. The number of carbonyl (C=O) groups is 4. The molecule has 4 N–H and O–H groups in total. The number of likely N-dealkylation sites (tertiary alicyclic amines) is 3. The van der Waals surface area contributed by atoms with E-state index in [-0.39, 0.29) is 30.1 Å². The molecule has 3 aromatic rings. The molecule has 350 valence electrons. The van der Waals surface area contributed by atoms with Gasteiger partial charge in [-0.1, -0.05) is 0 Å². The van der Waals surface area contributed by atoms with Gasteiger partial charge in [0.2, 0.25) is 0 Å². The van der Waals surface area contributed by atoms with Gasteiger partial charge < -0.3 is 49.7 Å². The molecule has 3 saturated heterocycles. The van der Waals surface area contributed by atoms with Crippen LogP contribution in [0.3, 0.4) is 0 Å². The molecular weight excluding hydrogens is 1070 g/mol. The van der Waals surface area contributed by atoms with Crippen molar-refractivity contribution in [1.29, 1.82) is 0 Å². The number of halogens is 4. The van der Waals surface area contributed by atoms with Crippen LogP contribution in [0.2, 0.25) is 0 Å². The monoisotopic (exact) mass is 1130 g/mol. The Hall–Kier alpha value is -3.09. The molecule has 3 fully saturated rings. The molecule has 4 heterocycles. The van der Waals surface area contributed by atoms with Crippen molar-refractivity contribution in [2.75, 3.05) is 50.7 Å².